The average molecular weight is 478 g/mol. The van der Waals surface area contributed by atoms with Gasteiger partial charge in [-0.2, -0.15) is 0 Å². The third kappa shape index (κ3) is 5.73. The second-order valence-electron chi connectivity index (χ2n) is 6.59. The molecule has 1 aliphatic carbocycles. The minimum absolute atomic E-state index is 0. The van der Waals surface area contributed by atoms with Crippen molar-refractivity contribution in [3.8, 4) is 0 Å². The first-order valence-electron chi connectivity index (χ1n) is 9.14. The first kappa shape index (κ1) is 20.8. The van der Waals surface area contributed by atoms with Crippen molar-refractivity contribution in [2.24, 2.45) is 4.99 Å². The summed E-state index contributed by atoms with van der Waals surface area (Å²) in [5.41, 5.74) is 1.32. The van der Waals surface area contributed by atoms with Gasteiger partial charge >= 0.3 is 0 Å². The molecule has 1 aliphatic heterocycles. The van der Waals surface area contributed by atoms with Crippen molar-refractivity contribution in [2.75, 3.05) is 26.2 Å². The molecule has 140 valence electrons. The zero-order valence-electron chi connectivity index (χ0n) is 15.1. The number of hydrogen-bond donors (Lipinski definition) is 1. The number of likely N-dealkylation sites (tertiary alicyclic amines) is 1. The standard InChI is InChI=1S/C19H28ClN3O.HI/c1-3-21-19(23-10-8-16(9-11-23)24-4-2)22-18-13-17(18)14-6-5-7-15(20)12-14;/h5-7,12,16-18H,3-4,8-11,13H2,1-2H3,(H,21,22);1H. The van der Waals surface area contributed by atoms with E-state index in [1.54, 1.807) is 0 Å². The van der Waals surface area contributed by atoms with E-state index in [-0.39, 0.29) is 24.0 Å². The van der Waals surface area contributed by atoms with Crippen LogP contribution >= 0.6 is 35.6 Å². The molecule has 0 bridgehead atoms. The SMILES string of the molecule is CCN=C(NC1CC1c1cccc(Cl)c1)N1CCC(OCC)CC1.I. The van der Waals surface area contributed by atoms with Crippen molar-refractivity contribution in [3.63, 3.8) is 0 Å². The van der Waals surface area contributed by atoms with E-state index in [1.165, 1.54) is 5.56 Å². The van der Waals surface area contributed by atoms with Crippen LogP contribution in [-0.4, -0.2) is 49.2 Å². The van der Waals surface area contributed by atoms with Gasteiger partial charge in [0, 0.05) is 43.2 Å². The summed E-state index contributed by atoms with van der Waals surface area (Å²) < 4.78 is 5.75. The molecule has 0 radical (unpaired) electrons. The van der Waals surface area contributed by atoms with Gasteiger partial charge in [-0.1, -0.05) is 23.7 Å². The summed E-state index contributed by atoms with van der Waals surface area (Å²) in [6, 6.07) is 8.69. The molecule has 0 aromatic heterocycles. The van der Waals surface area contributed by atoms with Crippen molar-refractivity contribution in [2.45, 2.75) is 51.2 Å². The monoisotopic (exact) mass is 477 g/mol. The van der Waals surface area contributed by atoms with Gasteiger partial charge in [0.1, 0.15) is 0 Å². The van der Waals surface area contributed by atoms with Gasteiger partial charge in [0.15, 0.2) is 5.96 Å². The van der Waals surface area contributed by atoms with E-state index in [1.807, 2.05) is 12.1 Å². The van der Waals surface area contributed by atoms with Gasteiger partial charge in [-0.15, -0.1) is 24.0 Å². The first-order chi connectivity index (χ1) is 11.7. The molecule has 2 unspecified atom stereocenters. The normalized spacial score (nSPS) is 24.0. The Bertz CT molecular complexity index is 576. The summed E-state index contributed by atoms with van der Waals surface area (Å²) >= 11 is 6.12. The van der Waals surface area contributed by atoms with Crippen LogP contribution in [0.25, 0.3) is 0 Å². The summed E-state index contributed by atoms with van der Waals surface area (Å²) in [6.07, 6.45) is 3.73. The third-order valence-electron chi connectivity index (χ3n) is 4.83. The van der Waals surface area contributed by atoms with E-state index >= 15 is 0 Å². The lowest BCUT2D eigenvalue weighted by Crippen LogP contribution is -2.48. The van der Waals surface area contributed by atoms with Crippen molar-refractivity contribution < 1.29 is 4.74 Å². The molecule has 1 heterocycles. The van der Waals surface area contributed by atoms with Crippen LogP contribution in [0.1, 0.15) is 44.6 Å². The number of halogens is 2. The van der Waals surface area contributed by atoms with Crippen LogP contribution in [-0.2, 0) is 4.74 Å². The lowest BCUT2D eigenvalue weighted by atomic mass is 10.1. The molecule has 1 saturated carbocycles. The largest absolute Gasteiger partial charge is 0.378 e. The highest BCUT2D eigenvalue weighted by Crippen LogP contribution is 2.41. The van der Waals surface area contributed by atoms with Crippen LogP contribution in [0.3, 0.4) is 0 Å². The van der Waals surface area contributed by atoms with Crippen LogP contribution in [0.2, 0.25) is 5.02 Å². The predicted octanol–water partition coefficient (Wildman–Crippen LogP) is 4.28. The van der Waals surface area contributed by atoms with E-state index < -0.39 is 0 Å². The molecular weight excluding hydrogens is 449 g/mol. The Morgan fingerprint density at radius 3 is 2.72 bits per heavy atom. The lowest BCUT2D eigenvalue weighted by molar-refractivity contribution is 0.0263. The highest BCUT2D eigenvalue weighted by Gasteiger charge is 2.40. The third-order valence-corrected chi connectivity index (χ3v) is 5.07. The highest BCUT2D eigenvalue weighted by atomic mass is 127. The summed E-state index contributed by atoms with van der Waals surface area (Å²) in [5.74, 6) is 1.61. The van der Waals surface area contributed by atoms with Crippen LogP contribution in [0.4, 0.5) is 0 Å². The van der Waals surface area contributed by atoms with E-state index in [0.717, 1.165) is 56.5 Å². The molecular formula is C19H29ClIN3O. The van der Waals surface area contributed by atoms with Crippen LogP contribution in [0.5, 0.6) is 0 Å². The highest BCUT2D eigenvalue weighted by molar-refractivity contribution is 14.0. The molecule has 2 fully saturated rings. The topological polar surface area (TPSA) is 36.9 Å². The Morgan fingerprint density at radius 2 is 2.08 bits per heavy atom. The Balaban J connectivity index is 0.00000225. The number of aliphatic imine (C=N–C) groups is 1. The predicted molar refractivity (Wildman–Crippen MR) is 115 cm³/mol. The minimum atomic E-state index is 0. The maximum atomic E-state index is 6.12. The van der Waals surface area contributed by atoms with E-state index in [4.69, 9.17) is 21.3 Å². The van der Waals surface area contributed by atoms with Crippen molar-refractivity contribution in [1.29, 1.82) is 0 Å². The molecule has 1 aromatic rings. The van der Waals surface area contributed by atoms with Crippen LogP contribution < -0.4 is 5.32 Å². The maximum Gasteiger partial charge on any atom is 0.194 e. The Labute approximate surface area is 173 Å². The Morgan fingerprint density at radius 1 is 1.32 bits per heavy atom. The van der Waals surface area contributed by atoms with E-state index in [2.05, 4.69) is 36.2 Å². The van der Waals surface area contributed by atoms with Gasteiger partial charge < -0.3 is 15.0 Å². The van der Waals surface area contributed by atoms with Crippen LogP contribution in [0.15, 0.2) is 29.3 Å². The van der Waals surface area contributed by atoms with Gasteiger partial charge in [0.05, 0.1) is 6.10 Å². The molecule has 25 heavy (non-hydrogen) atoms. The lowest BCUT2D eigenvalue weighted by Gasteiger charge is -2.34. The second kappa shape index (κ2) is 9.97. The number of nitrogens with zero attached hydrogens (tertiary/aromatic N) is 2. The molecule has 0 spiro atoms. The Kier molecular flexibility index (Phi) is 8.29. The molecule has 1 N–H and O–H groups in total. The number of nitrogens with one attached hydrogen (secondary N) is 1. The number of ether oxygens (including phenoxy) is 1. The van der Waals surface area contributed by atoms with Gasteiger partial charge in [-0.3, -0.25) is 4.99 Å². The molecule has 0 amide bonds. The summed E-state index contributed by atoms with van der Waals surface area (Å²) in [7, 11) is 0. The van der Waals surface area contributed by atoms with Crippen molar-refractivity contribution in [3.05, 3.63) is 34.9 Å². The molecule has 1 aromatic carbocycles. The van der Waals surface area contributed by atoms with Crippen LogP contribution in [0, 0.1) is 0 Å². The number of piperidine rings is 1. The molecule has 4 nitrogen and oxygen atoms in total. The summed E-state index contributed by atoms with van der Waals surface area (Å²) in [5, 5.41) is 4.49. The van der Waals surface area contributed by atoms with E-state index in [0.29, 0.717) is 18.1 Å². The number of guanidine groups is 1. The average Bonchev–Trinajstić information content (AvgIpc) is 3.35. The van der Waals surface area contributed by atoms with E-state index in [9.17, 15) is 0 Å². The Hall–Kier alpha value is -0.530. The number of benzene rings is 1. The van der Waals surface area contributed by atoms with Crippen molar-refractivity contribution in [1.82, 2.24) is 10.2 Å². The maximum absolute atomic E-state index is 6.12. The summed E-state index contributed by atoms with van der Waals surface area (Å²) in [4.78, 5) is 7.09. The quantitative estimate of drug-likeness (QED) is 0.391. The molecule has 6 heteroatoms. The molecule has 2 atom stereocenters. The fraction of sp³-hybridized carbons (Fsp3) is 0.632. The summed E-state index contributed by atoms with van der Waals surface area (Å²) in [6.45, 7) is 7.82. The van der Waals surface area contributed by atoms with Crippen molar-refractivity contribution >= 4 is 41.5 Å². The number of rotatable bonds is 5. The van der Waals surface area contributed by atoms with Gasteiger partial charge in [0.25, 0.3) is 0 Å². The zero-order valence-corrected chi connectivity index (χ0v) is 18.2. The first-order valence-corrected chi connectivity index (χ1v) is 9.52. The fourth-order valence-corrected chi connectivity index (χ4v) is 3.68. The zero-order chi connectivity index (χ0) is 16.9. The van der Waals surface area contributed by atoms with Gasteiger partial charge in [-0.25, -0.2) is 0 Å². The molecule has 3 rings (SSSR count). The molecule has 2 aliphatic rings. The smallest absolute Gasteiger partial charge is 0.194 e. The molecule has 1 saturated heterocycles. The second-order valence-corrected chi connectivity index (χ2v) is 7.02. The van der Waals surface area contributed by atoms with Gasteiger partial charge in [-0.05, 0) is 50.8 Å². The minimum Gasteiger partial charge on any atom is -0.378 e. The number of hydrogen-bond acceptors (Lipinski definition) is 2. The van der Waals surface area contributed by atoms with Gasteiger partial charge in [0.2, 0.25) is 0 Å². The fourth-order valence-electron chi connectivity index (χ4n) is 3.48.